The Kier molecular flexibility index (Phi) is 4.05. The van der Waals surface area contributed by atoms with Crippen molar-refractivity contribution in [3.8, 4) is 0 Å². The number of hydrogen-bond donors (Lipinski definition) is 1. The molecular formula is C15H19Br2NO. The lowest BCUT2D eigenvalue weighted by Gasteiger charge is -2.48. The minimum Gasteiger partial charge on any atom is -0.375 e. The maximum absolute atomic E-state index is 6.51. The third-order valence-corrected chi connectivity index (χ3v) is 5.49. The molecule has 2 atom stereocenters. The van der Waals surface area contributed by atoms with Crippen molar-refractivity contribution < 1.29 is 4.74 Å². The highest BCUT2D eigenvalue weighted by molar-refractivity contribution is 9.11. The van der Waals surface area contributed by atoms with Gasteiger partial charge in [-0.05, 0) is 61.8 Å². The van der Waals surface area contributed by atoms with E-state index in [0.717, 1.165) is 28.4 Å². The lowest BCUT2D eigenvalue weighted by atomic mass is 9.70. The molecule has 2 nitrogen and oxygen atoms in total. The molecule has 1 saturated heterocycles. The third-order valence-electron chi connectivity index (χ3n) is 4.57. The van der Waals surface area contributed by atoms with E-state index in [-0.39, 0.29) is 11.6 Å². The van der Waals surface area contributed by atoms with Crippen molar-refractivity contribution in [3.05, 3.63) is 32.7 Å². The molecule has 1 aromatic carbocycles. The Morgan fingerprint density at radius 1 is 1.21 bits per heavy atom. The van der Waals surface area contributed by atoms with E-state index in [4.69, 9.17) is 10.5 Å². The summed E-state index contributed by atoms with van der Waals surface area (Å²) in [5, 5.41) is 0. The summed E-state index contributed by atoms with van der Waals surface area (Å²) < 4.78 is 8.15. The highest BCUT2D eigenvalue weighted by Crippen LogP contribution is 2.46. The second kappa shape index (κ2) is 5.47. The van der Waals surface area contributed by atoms with Crippen molar-refractivity contribution in [3.63, 3.8) is 0 Å². The van der Waals surface area contributed by atoms with Gasteiger partial charge in [0.05, 0.1) is 5.60 Å². The van der Waals surface area contributed by atoms with E-state index in [1.807, 2.05) is 6.07 Å². The molecule has 1 aliphatic carbocycles. The molecule has 1 spiro atoms. The van der Waals surface area contributed by atoms with E-state index in [1.165, 1.54) is 24.8 Å². The van der Waals surface area contributed by atoms with Crippen molar-refractivity contribution in [1.82, 2.24) is 0 Å². The fourth-order valence-corrected chi connectivity index (χ4v) is 4.66. The predicted molar refractivity (Wildman–Crippen MR) is 84.0 cm³/mol. The first-order valence-electron chi connectivity index (χ1n) is 6.94. The van der Waals surface area contributed by atoms with Crippen LogP contribution in [0.4, 0.5) is 0 Å². The fourth-order valence-electron chi connectivity index (χ4n) is 3.33. The first-order chi connectivity index (χ1) is 9.08. The standard InChI is InChI=1S/C15H19Br2NO/c16-12-6-11(7-13(17)8-12)14(18)10-2-5-19-15(9-10)3-1-4-15/h6-8,10,14H,1-5,9,18H2. The molecule has 2 unspecified atom stereocenters. The van der Waals surface area contributed by atoms with Crippen LogP contribution in [0.1, 0.15) is 43.7 Å². The van der Waals surface area contributed by atoms with Gasteiger partial charge in [0.1, 0.15) is 0 Å². The maximum atomic E-state index is 6.51. The molecule has 0 aromatic heterocycles. The van der Waals surface area contributed by atoms with Crippen molar-refractivity contribution in [1.29, 1.82) is 0 Å². The zero-order valence-electron chi connectivity index (χ0n) is 10.9. The highest BCUT2D eigenvalue weighted by atomic mass is 79.9. The Morgan fingerprint density at radius 3 is 2.47 bits per heavy atom. The van der Waals surface area contributed by atoms with E-state index >= 15 is 0 Å². The predicted octanol–water partition coefficient (Wildman–Crippen LogP) is 4.56. The summed E-state index contributed by atoms with van der Waals surface area (Å²) in [6, 6.07) is 6.43. The van der Waals surface area contributed by atoms with Crippen molar-refractivity contribution in [2.24, 2.45) is 11.7 Å². The second-order valence-electron chi connectivity index (χ2n) is 5.87. The van der Waals surface area contributed by atoms with E-state index in [0.29, 0.717) is 5.92 Å². The molecule has 0 bridgehead atoms. The SMILES string of the molecule is NC(c1cc(Br)cc(Br)c1)C1CCOC2(CCC2)C1. The van der Waals surface area contributed by atoms with E-state index < -0.39 is 0 Å². The van der Waals surface area contributed by atoms with Crippen molar-refractivity contribution in [2.45, 2.75) is 43.7 Å². The monoisotopic (exact) mass is 387 g/mol. The highest BCUT2D eigenvalue weighted by Gasteiger charge is 2.43. The molecule has 3 rings (SSSR count). The van der Waals surface area contributed by atoms with Gasteiger partial charge in [-0.25, -0.2) is 0 Å². The van der Waals surface area contributed by atoms with Gasteiger partial charge in [-0.3, -0.25) is 0 Å². The normalized spacial score (nSPS) is 27.0. The van der Waals surface area contributed by atoms with Crippen LogP contribution < -0.4 is 5.73 Å². The van der Waals surface area contributed by atoms with E-state index in [1.54, 1.807) is 0 Å². The van der Waals surface area contributed by atoms with Crippen molar-refractivity contribution in [2.75, 3.05) is 6.61 Å². The van der Waals surface area contributed by atoms with Crippen LogP contribution in [0.25, 0.3) is 0 Å². The summed E-state index contributed by atoms with van der Waals surface area (Å²) in [5.74, 6) is 0.537. The lowest BCUT2D eigenvalue weighted by molar-refractivity contribution is -0.146. The molecule has 1 aliphatic heterocycles. The number of ether oxygens (including phenoxy) is 1. The zero-order valence-corrected chi connectivity index (χ0v) is 14.0. The Hall–Kier alpha value is 0.1000. The molecule has 1 aromatic rings. The average molecular weight is 389 g/mol. The number of benzene rings is 1. The minimum absolute atomic E-state index is 0.107. The van der Waals surface area contributed by atoms with E-state index in [9.17, 15) is 0 Å². The largest absolute Gasteiger partial charge is 0.375 e. The summed E-state index contributed by atoms with van der Waals surface area (Å²) in [5.41, 5.74) is 7.89. The molecule has 2 N–H and O–H groups in total. The van der Waals surface area contributed by atoms with Crippen LogP contribution in [0.3, 0.4) is 0 Å². The summed E-state index contributed by atoms with van der Waals surface area (Å²) in [6.45, 7) is 0.869. The molecule has 0 radical (unpaired) electrons. The molecular weight excluding hydrogens is 370 g/mol. The van der Waals surface area contributed by atoms with Crippen LogP contribution in [-0.4, -0.2) is 12.2 Å². The van der Waals surface area contributed by atoms with Gasteiger partial charge < -0.3 is 10.5 Å². The second-order valence-corrected chi connectivity index (χ2v) is 7.70. The van der Waals surface area contributed by atoms with Gasteiger partial charge in [0.15, 0.2) is 0 Å². The van der Waals surface area contributed by atoms with Crippen LogP contribution in [0.15, 0.2) is 27.1 Å². The molecule has 19 heavy (non-hydrogen) atoms. The van der Waals surface area contributed by atoms with Gasteiger partial charge in [-0.1, -0.05) is 31.9 Å². The molecule has 1 heterocycles. The summed E-state index contributed by atoms with van der Waals surface area (Å²) in [7, 11) is 0. The van der Waals surface area contributed by atoms with Gasteiger partial charge in [-0.2, -0.15) is 0 Å². The maximum Gasteiger partial charge on any atom is 0.0686 e. The number of rotatable bonds is 2. The summed E-state index contributed by atoms with van der Waals surface area (Å²) >= 11 is 7.08. The van der Waals surface area contributed by atoms with Gasteiger partial charge in [0.2, 0.25) is 0 Å². The fraction of sp³-hybridized carbons (Fsp3) is 0.600. The van der Waals surface area contributed by atoms with Gasteiger partial charge in [0.25, 0.3) is 0 Å². The molecule has 104 valence electrons. The van der Waals surface area contributed by atoms with E-state index in [2.05, 4.69) is 44.0 Å². The summed E-state index contributed by atoms with van der Waals surface area (Å²) in [6.07, 6.45) is 5.95. The number of hydrogen-bond acceptors (Lipinski definition) is 2. The Bertz CT molecular complexity index is 453. The Labute approximate surface area is 131 Å². The van der Waals surface area contributed by atoms with Crippen molar-refractivity contribution >= 4 is 31.9 Å². The van der Waals surface area contributed by atoms with Gasteiger partial charge in [0, 0.05) is 21.6 Å². The number of nitrogens with two attached hydrogens (primary N) is 1. The zero-order chi connectivity index (χ0) is 13.5. The van der Waals surface area contributed by atoms with Crippen LogP contribution in [0.5, 0.6) is 0 Å². The topological polar surface area (TPSA) is 35.2 Å². The lowest BCUT2D eigenvalue weighted by Crippen LogP contribution is -2.47. The van der Waals surface area contributed by atoms with Crippen LogP contribution in [0.2, 0.25) is 0 Å². The molecule has 2 fully saturated rings. The van der Waals surface area contributed by atoms with Gasteiger partial charge in [-0.15, -0.1) is 0 Å². The quantitative estimate of drug-likeness (QED) is 0.805. The molecule has 1 saturated carbocycles. The smallest absolute Gasteiger partial charge is 0.0686 e. The Balaban J connectivity index is 1.77. The van der Waals surface area contributed by atoms with Crippen LogP contribution in [-0.2, 0) is 4.74 Å². The summed E-state index contributed by atoms with van der Waals surface area (Å²) in [4.78, 5) is 0. The third kappa shape index (κ3) is 2.92. The van der Waals surface area contributed by atoms with Gasteiger partial charge >= 0.3 is 0 Å². The average Bonchev–Trinajstić information content (AvgIpc) is 2.35. The van der Waals surface area contributed by atoms with Crippen LogP contribution in [0, 0.1) is 5.92 Å². The molecule has 0 amide bonds. The molecule has 2 aliphatic rings. The minimum atomic E-state index is 0.107. The first kappa shape index (κ1) is 14.1. The Morgan fingerprint density at radius 2 is 1.89 bits per heavy atom. The van der Waals surface area contributed by atoms with Crippen LogP contribution >= 0.6 is 31.9 Å². The molecule has 4 heteroatoms. The first-order valence-corrected chi connectivity index (χ1v) is 8.52. The number of halogens is 2.